The van der Waals surface area contributed by atoms with Crippen molar-refractivity contribution in [3.05, 3.63) is 46.5 Å². The molecule has 0 amide bonds. The predicted molar refractivity (Wildman–Crippen MR) is 62.9 cm³/mol. The maximum absolute atomic E-state index is 5.99. The van der Waals surface area contributed by atoms with Gasteiger partial charge in [0.1, 0.15) is 5.76 Å². The molecule has 0 spiro atoms. The van der Waals surface area contributed by atoms with E-state index in [1.807, 2.05) is 23.5 Å². The average molecular weight is 221 g/mol. The summed E-state index contributed by atoms with van der Waals surface area (Å²) in [5.74, 6) is 0.890. The highest BCUT2D eigenvalue weighted by Crippen LogP contribution is 2.19. The average Bonchev–Trinajstić information content (AvgIpc) is 2.90. The van der Waals surface area contributed by atoms with Crippen LogP contribution < -0.4 is 5.73 Å². The lowest BCUT2D eigenvalue weighted by atomic mass is 10.1. The lowest BCUT2D eigenvalue weighted by Gasteiger charge is -2.07. The highest BCUT2D eigenvalue weighted by atomic mass is 32.1. The summed E-state index contributed by atoms with van der Waals surface area (Å²) in [7, 11) is 0. The Bertz CT molecular complexity index is 366. The Balaban J connectivity index is 1.74. The van der Waals surface area contributed by atoms with Crippen molar-refractivity contribution in [1.29, 1.82) is 0 Å². The van der Waals surface area contributed by atoms with Crippen LogP contribution in [0.4, 0.5) is 0 Å². The van der Waals surface area contributed by atoms with E-state index in [2.05, 4.69) is 17.5 Å². The van der Waals surface area contributed by atoms with Crippen molar-refractivity contribution in [2.45, 2.75) is 25.3 Å². The second-order valence-corrected chi connectivity index (χ2v) is 4.63. The Labute approximate surface area is 93.7 Å². The number of furan rings is 1. The zero-order valence-electron chi connectivity index (χ0n) is 8.56. The van der Waals surface area contributed by atoms with Crippen LogP contribution in [0.15, 0.2) is 40.3 Å². The maximum atomic E-state index is 5.99. The van der Waals surface area contributed by atoms with Crippen LogP contribution in [-0.2, 0) is 6.42 Å². The topological polar surface area (TPSA) is 39.2 Å². The number of rotatable bonds is 5. The van der Waals surface area contributed by atoms with Gasteiger partial charge in [-0.15, -0.1) is 11.3 Å². The second kappa shape index (κ2) is 5.14. The van der Waals surface area contributed by atoms with Crippen molar-refractivity contribution >= 4 is 11.3 Å². The summed E-state index contributed by atoms with van der Waals surface area (Å²) in [6.45, 7) is 0. The zero-order valence-corrected chi connectivity index (χ0v) is 9.37. The Kier molecular flexibility index (Phi) is 3.59. The Morgan fingerprint density at radius 2 is 2.27 bits per heavy atom. The van der Waals surface area contributed by atoms with Crippen molar-refractivity contribution < 1.29 is 4.42 Å². The molecule has 2 rings (SSSR count). The summed E-state index contributed by atoms with van der Waals surface area (Å²) in [5.41, 5.74) is 5.99. The molecule has 0 saturated carbocycles. The highest BCUT2D eigenvalue weighted by molar-refractivity contribution is 7.09. The minimum absolute atomic E-state index is 0.0416. The molecule has 3 heteroatoms. The molecule has 0 fully saturated rings. The summed E-state index contributed by atoms with van der Waals surface area (Å²) in [4.78, 5) is 1.43. The third kappa shape index (κ3) is 2.94. The van der Waals surface area contributed by atoms with E-state index in [-0.39, 0.29) is 6.04 Å². The van der Waals surface area contributed by atoms with Crippen molar-refractivity contribution in [2.24, 2.45) is 5.73 Å². The van der Waals surface area contributed by atoms with Crippen LogP contribution in [0.1, 0.15) is 29.5 Å². The number of hydrogen-bond acceptors (Lipinski definition) is 3. The molecule has 80 valence electrons. The van der Waals surface area contributed by atoms with Gasteiger partial charge in [-0.2, -0.15) is 0 Å². The third-order valence-electron chi connectivity index (χ3n) is 2.43. The van der Waals surface area contributed by atoms with Gasteiger partial charge in [0.2, 0.25) is 0 Å². The summed E-state index contributed by atoms with van der Waals surface area (Å²) < 4.78 is 5.26. The van der Waals surface area contributed by atoms with Gasteiger partial charge < -0.3 is 10.2 Å². The molecule has 0 radical (unpaired) electrons. The fraction of sp³-hybridized carbons (Fsp3) is 0.333. The standard InChI is InChI=1S/C12H15NOS/c13-11(12-7-2-8-14-12)6-1-4-10-5-3-9-15-10/h2-3,5,7-9,11H,1,4,6,13H2. The molecule has 0 aliphatic rings. The van der Waals surface area contributed by atoms with Crippen molar-refractivity contribution in [3.8, 4) is 0 Å². The fourth-order valence-electron chi connectivity index (χ4n) is 1.60. The molecular formula is C12H15NOS. The van der Waals surface area contributed by atoms with Gasteiger partial charge in [0, 0.05) is 4.88 Å². The van der Waals surface area contributed by atoms with Gasteiger partial charge in [0.25, 0.3) is 0 Å². The number of aryl methyl sites for hydroxylation is 1. The summed E-state index contributed by atoms with van der Waals surface area (Å²) in [6.07, 6.45) is 4.88. The normalized spacial score (nSPS) is 12.9. The van der Waals surface area contributed by atoms with Gasteiger partial charge in [-0.25, -0.2) is 0 Å². The summed E-state index contributed by atoms with van der Waals surface area (Å²) in [5, 5.41) is 2.11. The minimum atomic E-state index is 0.0416. The Hall–Kier alpha value is -1.06. The first-order valence-corrected chi connectivity index (χ1v) is 6.05. The van der Waals surface area contributed by atoms with Crippen LogP contribution in [0.25, 0.3) is 0 Å². The molecule has 1 atom stereocenters. The van der Waals surface area contributed by atoms with Crippen LogP contribution >= 0.6 is 11.3 Å². The van der Waals surface area contributed by atoms with Crippen LogP contribution in [0, 0.1) is 0 Å². The van der Waals surface area contributed by atoms with Crippen LogP contribution in [0.2, 0.25) is 0 Å². The SMILES string of the molecule is NC(CCCc1cccs1)c1ccco1. The molecule has 1 unspecified atom stereocenters. The van der Waals surface area contributed by atoms with Gasteiger partial charge >= 0.3 is 0 Å². The third-order valence-corrected chi connectivity index (χ3v) is 3.36. The monoisotopic (exact) mass is 221 g/mol. The molecule has 2 aromatic heterocycles. The lowest BCUT2D eigenvalue weighted by molar-refractivity contribution is 0.446. The molecule has 2 nitrogen and oxygen atoms in total. The van der Waals surface area contributed by atoms with Crippen molar-refractivity contribution in [3.63, 3.8) is 0 Å². The Morgan fingerprint density at radius 1 is 1.33 bits per heavy atom. The van der Waals surface area contributed by atoms with Crippen molar-refractivity contribution in [2.75, 3.05) is 0 Å². The first-order chi connectivity index (χ1) is 7.36. The van der Waals surface area contributed by atoms with Gasteiger partial charge in [-0.1, -0.05) is 6.07 Å². The number of thiophene rings is 1. The molecular weight excluding hydrogens is 206 g/mol. The van der Waals surface area contributed by atoms with E-state index in [9.17, 15) is 0 Å². The summed E-state index contributed by atoms with van der Waals surface area (Å²) in [6, 6.07) is 8.12. The van der Waals surface area contributed by atoms with E-state index >= 15 is 0 Å². The Morgan fingerprint density at radius 3 is 2.93 bits per heavy atom. The maximum Gasteiger partial charge on any atom is 0.120 e. The predicted octanol–water partition coefficient (Wildman–Crippen LogP) is 3.36. The zero-order chi connectivity index (χ0) is 10.5. The van der Waals surface area contributed by atoms with Crippen LogP contribution in [-0.4, -0.2) is 0 Å². The quantitative estimate of drug-likeness (QED) is 0.840. The summed E-state index contributed by atoms with van der Waals surface area (Å²) >= 11 is 1.81. The van der Waals surface area contributed by atoms with Gasteiger partial charge in [-0.3, -0.25) is 0 Å². The largest absolute Gasteiger partial charge is 0.468 e. The van der Waals surface area contributed by atoms with E-state index in [1.165, 1.54) is 4.88 Å². The minimum Gasteiger partial charge on any atom is -0.468 e. The van der Waals surface area contributed by atoms with Crippen LogP contribution in [0.5, 0.6) is 0 Å². The first-order valence-electron chi connectivity index (χ1n) is 5.17. The molecule has 2 aromatic rings. The molecule has 0 aliphatic carbocycles. The van der Waals surface area contributed by atoms with E-state index in [1.54, 1.807) is 6.26 Å². The molecule has 2 N–H and O–H groups in total. The molecule has 0 aromatic carbocycles. The smallest absolute Gasteiger partial charge is 0.120 e. The fourth-order valence-corrected chi connectivity index (χ4v) is 2.35. The molecule has 15 heavy (non-hydrogen) atoms. The van der Waals surface area contributed by atoms with E-state index in [0.29, 0.717) is 0 Å². The van der Waals surface area contributed by atoms with E-state index < -0.39 is 0 Å². The second-order valence-electron chi connectivity index (χ2n) is 3.59. The molecule has 0 aliphatic heterocycles. The van der Waals surface area contributed by atoms with Gasteiger partial charge in [-0.05, 0) is 42.8 Å². The van der Waals surface area contributed by atoms with Crippen LogP contribution in [0.3, 0.4) is 0 Å². The molecule has 0 bridgehead atoms. The number of nitrogens with two attached hydrogens (primary N) is 1. The van der Waals surface area contributed by atoms with E-state index in [4.69, 9.17) is 10.2 Å². The van der Waals surface area contributed by atoms with E-state index in [0.717, 1.165) is 25.0 Å². The van der Waals surface area contributed by atoms with Crippen molar-refractivity contribution in [1.82, 2.24) is 0 Å². The molecule has 0 saturated heterocycles. The number of hydrogen-bond donors (Lipinski definition) is 1. The van der Waals surface area contributed by atoms with Gasteiger partial charge in [0.05, 0.1) is 12.3 Å². The first kappa shape index (κ1) is 10.5. The highest BCUT2D eigenvalue weighted by Gasteiger charge is 2.08. The molecule has 2 heterocycles. The van der Waals surface area contributed by atoms with Gasteiger partial charge in [0.15, 0.2) is 0 Å². The lowest BCUT2D eigenvalue weighted by Crippen LogP contribution is -2.09.